The SMILES string of the molecule is Nc1ccc(-n2ncc3ccccc32)nc1. The van der Waals surface area contributed by atoms with E-state index in [0.717, 1.165) is 16.7 Å². The number of fused-ring (bicyclic) bond motifs is 1. The third kappa shape index (κ3) is 1.32. The van der Waals surface area contributed by atoms with Crippen LogP contribution >= 0.6 is 0 Å². The smallest absolute Gasteiger partial charge is 0.154 e. The van der Waals surface area contributed by atoms with E-state index in [-0.39, 0.29) is 0 Å². The lowest BCUT2D eigenvalue weighted by Crippen LogP contribution is -1.99. The Bertz CT molecular complexity index is 625. The van der Waals surface area contributed by atoms with E-state index in [1.807, 2.05) is 42.6 Å². The number of benzene rings is 1. The van der Waals surface area contributed by atoms with Crippen LogP contribution in [0.25, 0.3) is 16.7 Å². The molecule has 78 valence electrons. The molecule has 0 aliphatic heterocycles. The second kappa shape index (κ2) is 3.34. The Hall–Kier alpha value is -2.36. The fourth-order valence-corrected chi connectivity index (χ4v) is 1.68. The number of hydrogen-bond donors (Lipinski definition) is 1. The Balaban J connectivity index is 2.22. The molecule has 1 aromatic carbocycles. The number of nitrogen functional groups attached to an aromatic ring is 1. The molecule has 0 amide bonds. The van der Waals surface area contributed by atoms with Crippen LogP contribution in [0, 0.1) is 0 Å². The summed E-state index contributed by atoms with van der Waals surface area (Å²) in [5, 5.41) is 5.41. The highest BCUT2D eigenvalue weighted by atomic mass is 15.3. The molecular weight excluding hydrogens is 200 g/mol. The minimum Gasteiger partial charge on any atom is -0.397 e. The molecule has 16 heavy (non-hydrogen) atoms. The molecule has 0 spiro atoms. The molecular formula is C12H10N4. The Morgan fingerprint density at radius 1 is 1.00 bits per heavy atom. The van der Waals surface area contributed by atoms with Gasteiger partial charge in [-0.05, 0) is 18.2 Å². The summed E-state index contributed by atoms with van der Waals surface area (Å²) in [5.41, 5.74) is 7.29. The van der Waals surface area contributed by atoms with E-state index in [9.17, 15) is 0 Å². The first-order valence-electron chi connectivity index (χ1n) is 4.99. The first-order valence-corrected chi connectivity index (χ1v) is 4.99. The van der Waals surface area contributed by atoms with Crippen molar-refractivity contribution < 1.29 is 0 Å². The van der Waals surface area contributed by atoms with E-state index in [0.29, 0.717) is 5.69 Å². The molecule has 0 bridgehead atoms. The molecule has 0 aliphatic rings. The van der Waals surface area contributed by atoms with Gasteiger partial charge in [-0.3, -0.25) is 0 Å². The van der Waals surface area contributed by atoms with Crippen LogP contribution in [-0.2, 0) is 0 Å². The van der Waals surface area contributed by atoms with Gasteiger partial charge in [0.25, 0.3) is 0 Å². The molecule has 3 aromatic rings. The highest BCUT2D eigenvalue weighted by Gasteiger charge is 2.04. The quantitative estimate of drug-likeness (QED) is 0.668. The highest BCUT2D eigenvalue weighted by molar-refractivity contribution is 5.79. The van der Waals surface area contributed by atoms with E-state index in [4.69, 9.17) is 5.73 Å². The number of nitrogens with zero attached hydrogens (tertiary/aromatic N) is 3. The maximum absolute atomic E-state index is 5.60. The number of aromatic nitrogens is 3. The maximum Gasteiger partial charge on any atom is 0.154 e. The summed E-state index contributed by atoms with van der Waals surface area (Å²) < 4.78 is 1.80. The second-order valence-corrected chi connectivity index (χ2v) is 3.56. The van der Waals surface area contributed by atoms with Crippen molar-refractivity contribution in [3.8, 4) is 5.82 Å². The molecule has 0 saturated carbocycles. The Morgan fingerprint density at radius 3 is 2.69 bits per heavy atom. The van der Waals surface area contributed by atoms with Crippen LogP contribution in [0.2, 0.25) is 0 Å². The number of para-hydroxylation sites is 1. The van der Waals surface area contributed by atoms with Gasteiger partial charge < -0.3 is 5.73 Å². The lowest BCUT2D eigenvalue weighted by Gasteiger charge is -2.02. The summed E-state index contributed by atoms with van der Waals surface area (Å²) in [6.07, 6.45) is 3.46. The van der Waals surface area contributed by atoms with Crippen molar-refractivity contribution in [1.82, 2.24) is 14.8 Å². The average molecular weight is 210 g/mol. The van der Waals surface area contributed by atoms with Crippen molar-refractivity contribution in [3.05, 3.63) is 48.8 Å². The third-order valence-corrected chi connectivity index (χ3v) is 2.46. The number of hydrogen-bond acceptors (Lipinski definition) is 3. The molecule has 0 fully saturated rings. The van der Waals surface area contributed by atoms with Crippen molar-refractivity contribution >= 4 is 16.6 Å². The van der Waals surface area contributed by atoms with Crippen molar-refractivity contribution in [1.29, 1.82) is 0 Å². The van der Waals surface area contributed by atoms with Crippen LogP contribution in [0.4, 0.5) is 5.69 Å². The van der Waals surface area contributed by atoms with Gasteiger partial charge in [-0.25, -0.2) is 9.67 Å². The predicted octanol–water partition coefficient (Wildman–Crippen LogP) is 2.00. The zero-order valence-corrected chi connectivity index (χ0v) is 8.54. The van der Waals surface area contributed by atoms with Crippen molar-refractivity contribution in [2.45, 2.75) is 0 Å². The Labute approximate surface area is 92.3 Å². The minimum absolute atomic E-state index is 0.653. The summed E-state index contributed by atoms with van der Waals surface area (Å²) >= 11 is 0. The summed E-state index contributed by atoms with van der Waals surface area (Å²) in [5.74, 6) is 0.774. The normalized spacial score (nSPS) is 10.8. The standard InChI is InChI=1S/C12H10N4/c13-10-5-6-12(14-8-10)16-11-4-2-1-3-9(11)7-15-16/h1-8H,13H2. The molecule has 0 aliphatic carbocycles. The molecule has 4 nitrogen and oxygen atoms in total. The van der Waals surface area contributed by atoms with Crippen LogP contribution < -0.4 is 5.73 Å². The van der Waals surface area contributed by atoms with Gasteiger partial charge in [-0.1, -0.05) is 18.2 Å². The summed E-state index contributed by atoms with van der Waals surface area (Å²) in [7, 11) is 0. The Morgan fingerprint density at radius 2 is 1.88 bits per heavy atom. The summed E-state index contributed by atoms with van der Waals surface area (Å²) in [6, 6.07) is 11.7. The van der Waals surface area contributed by atoms with E-state index in [1.165, 1.54) is 0 Å². The molecule has 2 aromatic heterocycles. The number of pyridine rings is 1. The van der Waals surface area contributed by atoms with E-state index in [1.54, 1.807) is 10.9 Å². The summed E-state index contributed by atoms with van der Waals surface area (Å²) in [6.45, 7) is 0. The average Bonchev–Trinajstić information content (AvgIpc) is 2.74. The zero-order valence-electron chi connectivity index (χ0n) is 8.54. The second-order valence-electron chi connectivity index (χ2n) is 3.56. The molecule has 0 saturated heterocycles. The van der Waals surface area contributed by atoms with Crippen molar-refractivity contribution in [2.24, 2.45) is 0 Å². The molecule has 3 rings (SSSR count). The van der Waals surface area contributed by atoms with Gasteiger partial charge in [-0.15, -0.1) is 0 Å². The molecule has 2 N–H and O–H groups in total. The van der Waals surface area contributed by atoms with E-state index < -0.39 is 0 Å². The Kier molecular flexibility index (Phi) is 1.86. The number of nitrogens with two attached hydrogens (primary N) is 1. The fourth-order valence-electron chi connectivity index (χ4n) is 1.68. The van der Waals surface area contributed by atoms with Gasteiger partial charge in [-0.2, -0.15) is 5.10 Å². The van der Waals surface area contributed by atoms with Gasteiger partial charge in [0.15, 0.2) is 5.82 Å². The van der Waals surface area contributed by atoms with Gasteiger partial charge in [0.1, 0.15) is 0 Å². The summed E-state index contributed by atoms with van der Waals surface area (Å²) in [4.78, 5) is 4.25. The van der Waals surface area contributed by atoms with Crippen LogP contribution in [0.15, 0.2) is 48.8 Å². The van der Waals surface area contributed by atoms with Gasteiger partial charge in [0.2, 0.25) is 0 Å². The maximum atomic E-state index is 5.60. The molecule has 0 radical (unpaired) electrons. The van der Waals surface area contributed by atoms with Crippen LogP contribution in [0.3, 0.4) is 0 Å². The first-order chi connectivity index (χ1) is 7.84. The van der Waals surface area contributed by atoms with E-state index in [2.05, 4.69) is 10.1 Å². The molecule has 4 heteroatoms. The third-order valence-electron chi connectivity index (χ3n) is 2.46. The van der Waals surface area contributed by atoms with Crippen molar-refractivity contribution in [2.75, 3.05) is 5.73 Å². The monoisotopic (exact) mass is 210 g/mol. The van der Waals surface area contributed by atoms with Crippen LogP contribution in [-0.4, -0.2) is 14.8 Å². The fraction of sp³-hybridized carbons (Fsp3) is 0. The van der Waals surface area contributed by atoms with E-state index >= 15 is 0 Å². The number of anilines is 1. The molecule has 0 unspecified atom stereocenters. The topological polar surface area (TPSA) is 56.7 Å². The van der Waals surface area contributed by atoms with Gasteiger partial charge >= 0.3 is 0 Å². The molecule has 0 atom stereocenters. The lowest BCUT2D eigenvalue weighted by molar-refractivity contribution is 0.875. The minimum atomic E-state index is 0.653. The van der Waals surface area contributed by atoms with Crippen LogP contribution in [0.5, 0.6) is 0 Å². The van der Waals surface area contributed by atoms with Crippen molar-refractivity contribution in [3.63, 3.8) is 0 Å². The predicted molar refractivity (Wildman–Crippen MR) is 63.3 cm³/mol. The van der Waals surface area contributed by atoms with Gasteiger partial charge in [0.05, 0.1) is 23.6 Å². The number of rotatable bonds is 1. The first kappa shape index (κ1) is 8.91. The largest absolute Gasteiger partial charge is 0.397 e. The molecule has 2 heterocycles. The lowest BCUT2D eigenvalue weighted by atomic mass is 10.2. The highest BCUT2D eigenvalue weighted by Crippen LogP contribution is 2.16. The van der Waals surface area contributed by atoms with Crippen LogP contribution in [0.1, 0.15) is 0 Å². The zero-order chi connectivity index (χ0) is 11.0. The van der Waals surface area contributed by atoms with Gasteiger partial charge in [0, 0.05) is 5.39 Å².